The van der Waals surface area contributed by atoms with Gasteiger partial charge in [0.15, 0.2) is 11.7 Å². The maximum absolute atomic E-state index is 13.8. The van der Waals surface area contributed by atoms with Crippen LogP contribution in [-0.2, 0) is 0 Å². The number of fused-ring (bicyclic) bond motifs is 3. The summed E-state index contributed by atoms with van der Waals surface area (Å²) in [7, 11) is 0. The Morgan fingerprint density at radius 2 is 2.06 bits per heavy atom. The van der Waals surface area contributed by atoms with Crippen LogP contribution in [0.2, 0.25) is 0 Å². The lowest BCUT2D eigenvalue weighted by molar-refractivity contribution is -0.174. The van der Waals surface area contributed by atoms with Crippen molar-refractivity contribution < 1.29 is 22.4 Å². The standard InChI is InChI=1S/C22H27F3N4O2/c1-20(2)9-13-10-21(3,11-20)12-28(13)19(30)15-8-18-26-14(16-5-4-6-31-16)7-17(22(23,24)25)29(18)27-15/h4-6,8,13-14,17,26H,7,9-12H2,1-3H3/t13-,14+,17-,21+/m1/s1. The fraction of sp³-hybridized carbons (Fsp3) is 0.636. The molecule has 2 aromatic rings. The van der Waals surface area contributed by atoms with Crippen molar-refractivity contribution in [1.29, 1.82) is 0 Å². The van der Waals surface area contributed by atoms with Crippen LogP contribution < -0.4 is 5.32 Å². The van der Waals surface area contributed by atoms with Gasteiger partial charge in [0.25, 0.3) is 5.91 Å². The van der Waals surface area contributed by atoms with E-state index in [0.29, 0.717) is 12.3 Å². The van der Waals surface area contributed by atoms with Gasteiger partial charge in [-0.05, 0) is 42.2 Å². The van der Waals surface area contributed by atoms with Crippen molar-refractivity contribution in [2.45, 2.75) is 70.8 Å². The van der Waals surface area contributed by atoms with E-state index in [1.165, 1.54) is 12.3 Å². The smallest absolute Gasteiger partial charge is 0.410 e. The normalized spacial score (nSPS) is 31.9. The molecule has 4 atom stereocenters. The first-order valence-electron chi connectivity index (χ1n) is 10.7. The number of rotatable bonds is 2. The van der Waals surface area contributed by atoms with E-state index >= 15 is 0 Å². The zero-order chi connectivity index (χ0) is 22.2. The van der Waals surface area contributed by atoms with Crippen molar-refractivity contribution >= 4 is 11.7 Å². The van der Waals surface area contributed by atoms with E-state index in [0.717, 1.165) is 23.9 Å². The summed E-state index contributed by atoms with van der Waals surface area (Å²) in [6, 6.07) is 2.38. The molecule has 2 aliphatic heterocycles. The Morgan fingerprint density at radius 3 is 2.74 bits per heavy atom. The van der Waals surface area contributed by atoms with Crippen molar-refractivity contribution in [2.24, 2.45) is 10.8 Å². The Labute approximate surface area is 178 Å². The number of hydrogen-bond acceptors (Lipinski definition) is 4. The second kappa shape index (κ2) is 6.53. The van der Waals surface area contributed by atoms with E-state index in [9.17, 15) is 18.0 Å². The van der Waals surface area contributed by atoms with Gasteiger partial charge in [0.1, 0.15) is 11.6 Å². The molecule has 0 unspecified atom stereocenters. The Hall–Kier alpha value is -2.45. The second-order valence-corrected chi connectivity index (χ2v) is 10.5. The molecular formula is C22H27F3N4O2. The van der Waals surface area contributed by atoms with Crippen LogP contribution in [0.3, 0.4) is 0 Å². The van der Waals surface area contributed by atoms with Crippen LogP contribution in [0.25, 0.3) is 0 Å². The Balaban J connectivity index is 1.46. The number of carbonyl (C=O) groups is 1. The number of amides is 1. The van der Waals surface area contributed by atoms with Crippen molar-refractivity contribution in [1.82, 2.24) is 14.7 Å². The molecule has 1 N–H and O–H groups in total. The quantitative estimate of drug-likeness (QED) is 0.705. The Bertz CT molecular complexity index is 997. The van der Waals surface area contributed by atoms with Gasteiger partial charge in [-0.1, -0.05) is 20.8 Å². The highest BCUT2D eigenvalue weighted by Gasteiger charge is 2.52. The minimum atomic E-state index is -4.49. The molecule has 1 aliphatic carbocycles. The van der Waals surface area contributed by atoms with Crippen molar-refractivity contribution in [3.05, 3.63) is 35.9 Å². The monoisotopic (exact) mass is 436 g/mol. The van der Waals surface area contributed by atoms with Crippen molar-refractivity contribution in [3.63, 3.8) is 0 Å². The molecule has 5 rings (SSSR count). The van der Waals surface area contributed by atoms with Crippen LogP contribution in [-0.4, -0.2) is 39.4 Å². The van der Waals surface area contributed by atoms with Crippen LogP contribution in [0.4, 0.5) is 19.0 Å². The first kappa shape index (κ1) is 20.5. The molecule has 168 valence electrons. The minimum Gasteiger partial charge on any atom is -0.467 e. The number of halogens is 3. The zero-order valence-corrected chi connectivity index (χ0v) is 17.9. The Kier molecular flexibility index (Phi) is 4.31. The van der Waals surface area contributed by atoms with Crippen molar-refractivity contribution in [2.75, 3.05) is 11.9 Å². The number of hydrogen-bond donors (Lipinski definition) is 1. The molecule has 1 amide bonds. The molecule has 3 aliphatic rings. The highest BCUT2D eigenvalue weighted by atomic mass is 19.4. The zero-order valence-electron chi connectivity index (χ0n) is 17.9. The number of nitrogens with zero attached hydrogens (tertiary/aromatic N) is 3. The molecule has 1 saturated carbocycles. The number of nitrogens with one attached hydrogen (secondary N) is 1. The van der Waals surface area contributed by atoms with Crippen LogP contribution in [0.15, 0.2) is 28.9 Å². The topological polar surface area (TPSA) is 63.3 Å². The summed E-state index contributed by atoms with van der Waals surface area (Å²) in [4.78, 5) is 15.2. The first-order chi connectivity index (χ1) is 14.4. The molecule has 6 nitrogen and oxygen atoms in total. The van der Waals surface area contributed by atoms with Crippen LogP contribution in [0.1, 0.15) is 74.8 Å². The highest BCUT2D eigenvalue weighted by molar-refractivity contribution is 5.93. The van der Waals surface area contributed by atoms with E-state index < -0.39 is 18.3 Å². The van der Waals surface area contributed by atoms with Crippen LogP contribution in [0, 0.1) is 10.8 Å². The van der Waals surface area contributed by atoms with E-state index in [4.69, 9.17) is 4.42 Å². The van der Waals surface area contributed by atoms with Crippen molar-refractivity contribution in [3.8, 4) is 0 Å². The molecule has 2 aromatic heterocycles. The lowest BCUT2D eigenvalue weighted by Gasteiger charge is -2.39. The maximum Gasteiger partial charge on any atom is 0.410 e. The molecular weight excluding hydrogens is 409 g/mol. The van der Waals surface area contributed by atoms with Crippen LogP contribution in [0.5, 0.6) is 0 Å². The van der Waals surface area contributed by atoms with Gasteiger partial charge in [-0.15, -0.1) is 0 Å². The van der Waals surface area contributed by atoms with E-state index in [-0.39, 0.29) is 40.7 Å². The fourth-order valence-corrected chi connectivity index (χ4v) is 6.20. The van der Waals surface area contributed by atoms with Gasteiger partial charge in [0.05, 0.1) is 12.3 Å². The average molecular weight is 436 g/mol. The molecule has 2 bridgehead atoms. The van der Waals surface area contributed by atoms with Gasteiger partial charge < -0.3 is 14.6 Å². The van der Waals surface area contributed by atoms with E-state index in [2.05, 4.69) is 31.2 Å². The van der Waals surface area contributed by atoms with Crippen LogP contribution >= 0.6 is 0 Å². The third-order valence-corrected chi connectivity index (χ3v) is 6.97. The summed E-state index contributed by atoms with van der Waals surface area (Å²) in [5.41, 5.74) is 0.239. The van der Waals surface area contributed by atoms with Gasteiger partial charge in [-0.2, -0.15) is 18.3 Å². The second-order valence-electron chi connectivity index (χ2n) is 10.5. The predicted octanol–water partition coefficient (Wildman–Crippen LogP) is 5.18. The summed E-state index contributed by atoms with van der Waals surface area (Å²) in [6.07, 6.45) is -0.449. The molecule has 4 heterocycles. The number of aromatic nitrogens is 2. The number of alkyl halides is 3. The lowest BCUT2D eigenvalue weighted by Crippen LogP contribution is -2.38. The number of anilines is 1. The van der Waals surface area contributed by atoms with Gasteiger partial charge in [0, 0.05) is 25.1 Å². The molecule has 0 spiro atoms. The molecule has 0 aromatic carbocycles. The molecule has 0 radical (unpaired) electrons. The Morgan fingerprint density at radius 1 is 1.29 bits per heavy atom. The third kappa shape index (κ3) is 3.51. The van der Waals surface area contributed by atoms with Gasteiger partial charge in [-0.25, -0.2) is 4.68 Å². The third-order valence-electron chi connectivity index (χ3n) is 6.97. The molecule has 1 saturated heterocycles. The fourth-order valence-electron chi connectivity index (χ4n) is 6.20. The summed E-state index contributed by atoms with van der Waals surface area (Å²) in [5.74, 6) is 0.329. The number of carbonyl (C=O) groups excluding carboxylic acids is 1. The maximum atomic E-state index is 13.8. The first-order valence-corrected chi connectivity index (χ1v) is 10.7. The molecule has 31 heavy (non-hydrogen) atoms. The minimum absolute atomic E-state index is 0.0402. The van der Waals surface area contributed by atoms with Gasteiger partial charge in [-0.3, -0.25) is 4.79 Å². The molecule has 9 heteroatoms. The summed E-state index contributed by atoms with van der Waals surface area (Å²) >= 11 is 0. The molecule has 2 fully saturated rings. The average Bonchev–Trinajstić information content (AvgIpc) is 3.35. The largest absolute Gasteiger partial charge is 0.467 e. The SMILES string of the molecule is CC1(C)C[C@@H]2C[C@](C)(CN2C(=O)c2cc3n(n2)[C@@H](C(F)(F)F)C[C@@H](c2ccco2)N3)C1. The van der Waals surface area contributed by atoms with Gasteiger partial charge in [0.2, 0.25) is 0 Å². The van der Waals surface area contributed by atoms with E-state index in [1.54, 1.807) is 12.1 Å². The summed E-state index contributed by atoms with van der Waals surface area (Å²) in [5, 5.41) is 7.21. The number of likely N-dealkylation sites (tertiary alicyclic amines) is 1. The lowest BCUT2D eigenvalue weighted by atomic mass is 9.65. The summed E-state index contributed by atoms with van der Waals surface area (Å²) in [6.45, 7) is 7.25. The number of furan rings is 1. The van der Waals surface area contributed by atoms with E-state index in [1.807, 2.05) is 4.90 Å². The summed E-state index contributed by atoms with van der Waals surface area (Å²) < 4.78 is 47.8. The highest BCUT2D eigenvalue weighted by Crippen LogP contribution is 2.53. The predicted molar refractivity (Wildman–Crippen MR) is 108 cm³/mol. The van der Waals surface area contributed by atoms with Gasteiger partial charge >= 0.3 is 6.18 Å².